The van der Waals surface area contributed by atoms with E-state index < -0.39 is 0 Å². The molecule has 2 aromatic rings. The Morgan fingerprint density at radius 2 is 1.54 bits per heavy atom. The van der Waals surface area contributed by atoms with E-state index in [1.807, 2.05) is 35.8 Å². The lowest BCUT2D eigenvalue weighted by Crippen LogP contribution is -2.48. The number of hydrogen-bond acceptors (Lipinski definition) is 5. The SMILES string of the molecule is CC(=O)N1CCN(c2ncc(C(=O)Nc3cc(C)cc(C)c3)cn2)CC1. The fourth-order valence-electron chi connectivity index (χ4n) is 3.07. The summed E-state index contributed by atoms with van der Waals surface area (Å²) in [7, 11) is 0. The summed E-state index contributed by atoms with van der Waals surface area (Å²) in [6, 6.07) is 5.91. The fourth-order valence-corrected chi connectivity index (χ4v) is 3.07. The number of amides is 2. The van der Waals surface area contributed by atoms with Crippen molar-refractivity contribution in [1.82, 2.24) is 14.9 Å². The van der Waals surface area contributed by atoms with Crippen molar-refractivity contribution in [2.45, 2.75) is 20.8 Å². The minimum absolute atomic E-state index is 0.0870. The lowest BCUT2D eigenvalue weighted by Gasteiger charge is -2.34. The zero-order valence-corrected chi connectivity index (χ0v) is 15.3. The van der Waals surface area contributed by atoms with Crippen LogP contribution in [0.3, 0.4) is 0 Å². The third kappa shape index (κ3) is 4.17. The molecule has 7 nitrogen and oxygen atoms in total. The second-order valence-electron chi connectivity index (χ2n) is 6.60. The molecule has 0 atom stereocenters. The highest BCUT2D eigenvalue weighted by molar-refractivity contribution is 6.04. The van der Waals surface area contributed by atoms with E-state index in [1.54, 1.807) is 6.92 Å². The third-order valence-corrected chi connectivity index (χ3v) is 4.39. The van der Waals surface area contributed by atoms with E-state index in [9.17, 15) is 9.59 Å². The maximum atomic E-state index is 12.4. The van der Waals surface area contributed by atoms with Gasteiger partial charge in [0, 0.05) is 51.2 Å². The quantitative estimate of drug-likeness (QED) is 0.913. The maximum absolute atomic E-state index is 12.4. The topological polar surface area (TPSA) is 78.4 Å². The highest BCUT2D eigenvalue weighted by Gasteiger charge is 2.20. The number of aromatic nitrogens is 2. The van der Waals surface area contributed by atoms with Crippen LogP contribution in [0.15, 0.2) is 30.6 Å². The van der Waals surface area contributed by atoms with E-state index in [4.69, 9.17) is 0 Å². The zero-order chi connectivity index (χ0) is 18.7. The first kappa shape index (κ1) is 17.8. The Morgan fingerprint density at radius 3 is 2.08 bits per heavy atom. The molecule has 1 aliphatic rings. The predicted octanol–water partition coefficient (Wildman–Crippen LogP) is 2.01. The van der Waals surface area contributed by atoms with Crippen LogP contribution in [0.2, 0.25) is 0 Å². The second kappa shape index (κ2) is 7.51. The van der Waals surface area contributed by atoms with Gasteiger partial charge in [-0.05, 0) is 37.1 Å². The van der Waals surface area contributed by atoms with Gasteiger partial charge in [0.15, 0.2) is 0 Å². The molecule has 1 aromatic carbocycles. The average Bonchev–Trinajstić information content (AvgIpc) is 2.61. The number of nitrogens with zero attached hydrogens (tertiary/aromatic N) is 4. The number of piperazine rings is 1. The molecule has 1 aliphatic heterocycles. The summed E-state index contributed by atoms with van der Waals surface area (Å²) in [6.07, 6.45) is 3.08. The van der Waals surface area contributed by atoms with Crippen LogP contribution < -0.4 is 10.2 Å². The molecular weight excluding hydrogens is 330 g/mol. The van der Waals surface area contributed by atoms with E-state index in [-0.39, 0.29) is 11.8 Å². The summed E-state index contributed by atoms with van der Waals surface area (Å²) in [5.41, 5.74) is 3.36. The van der Waals surface area contributed by atoms with Crippen LogP contribution in [0.1, 0.15) is 28.4 Å². The Labute approximate surface area is 153 Å². The molecule has 7 heteroatoms. The first-order chi connectivity index (χ1) is 12.4. The summed E-state index contributed by atoms with van der Waals surface area (Å²) in [5, 5.41) is 2.88. The van der Waals surface area contributed by atoms with Crippen molar-refractivity contribution in [1.29, 1.82) is 0 Å². The number of carbonyl (C=O) groups is 2. The van der Waals surface area contributed by atoms with E-state index in [2.05, 4.69) is 21.4 Å². The molecule has 1 N–H and O–H groups in total. The van der Waals surface area contributed by atoms with Gasteiger partial charge in [0.1, 0.15) is 0 Å². The van der Waals surface area contributed by atoms with Crippen LogP contribution in [0.4, 0.5) is 11.6 Å². The lowest BCUT2D eigenvalue weighted by atomic mass is 10.1. The van der Waals surface area contributed by atoms with Gasteiger partial charge in [0.2, 0.25) is 11.9 Å². The Bertz CT molecular complexity index is 791. The Kier molecular flexibility index (Phi) is 5.16. The summed E-state index contributed by atoms with van der Waals surface area (Å²) in [5.74, 6) is 0.433. The summed E-state index contributed by atoms with van der Waals surface area (Å²) in [4.78, 5) is 36.2. The molecule has 2 heterocycles. The number of nitrogens with one attached hydrogen (secondary N) is 1. The molecule has 136 valence electrons. The van der Waals surface area contributed by atoms with Crippen LogP contribution in [0, 0.1) is 13.8 Å². The Balaban J connectivity index is 1.64. The van der Waals surface area contributed by atoms with Crippen molar-refractivity contribution in [3.8, 4) is 0 Å². The molecule has 0 unspecified atom stereocenters. The minimum Gasteiger partial charge on any atom is -0.339 e. The highest BCUT2D eigenvalue weighted by Crippen LogP contribution is 2.16. The maximum Gasteiger partial charge on any atom is 0.258 e. The third-order valence-electron chi connectivity index (χ3n) is 4.39. The van der Waals surface area contributed by atoms with Gasteiger partial charge in [0.05, 0.1) is 5.56 Å². The van der Waals surface area contributed by atoms with Crippen LogP contribution in [-0.2, 0) is 4.79 Å². The molecule has 1 aromatic heterocycles. The standard InChI is InChI=1S/C19H23N5O2/c1-13-8-14(2)10-17(9-13)22-18(26)16-11-20-19(21-12-16)24-6-4-23(5-7-24)15(3)25/h8-12H,4-7H2,1-3H3,(H,22,26). The summed E-state index contributed by atoms with van der Waals surface area (Å²) >= 11 is 0. The smallest absolute Gasteiger partial charge is 0.258 e. The van der Waals surface area contributed by atoms with Crippen LogP contribution >= 0.6 is 0 Å². The minimum atomic E-state index is -0.233. The van der Waals surface area contributed by atoms with Crippen molar-refractivity contribution in [2.75, 3.05) is 36.4 Å². The molecule has 0 bridgehead atoms. The van der Waals surface area contributed by atoms with Crippen molar-refractivity contribution >= 4 is 23.5 Å². The van der Waals surface area contributed by atoms with E-state index in [1.165, 1.54) is 12.4 Å². The van der Waals surface area contributed by atoms with Crippen molar-refractivity contribution < 1.29 is 9.59 Å². The monoisotopic (exact) mass is 353 g/mol. The predicted molar refractivity (Wildman–Crippen MR) is 100 cm³/mol. The molecule has 0 aliphatic carbocycles. The summed E-state index contributed by atoms with van der Waals surface area (Å²) in [6.45, 7) is 8.26. The molecule has 26 heavy (non-hydrogen) atoms. The second-order valence-corrected chi connectivity index (χ2v) is 6.60. The van der Waals surface area contributed by atoms with Gasteiger partial charge >= 0.3 is 0 Å². The molecule has 1 fully saturated rings. The first-order valence-electron chi connectivity index (χ1n) is 8.64. The lowest BCUT2D eigenvalue weighted by molar-refractivity contribution is -0.129. The van der Waals surface area contributed by atoms with Gasteiger partial charge in [-0.25, -0.2) is 9.97 Å². The normalized spacial score (nSPS) is 14.3. The van der Waals surface area contributed by atoms with Gasteiger partial charge in [-0.3, -0.25) is 9.59 Å². The number of carbonyl (C=O) groups excluding carboxylic acids is 2. The number of benzene rings is 1. The molecule has 2 amide bonds. The first-order valence-corrected chi connectivity index (χ1v) is 8.64. The van der Waals surface area contributed by atoms with Crippen LogP contribution in [0.25, 0.3) is 0 Å². The van der Waals surface area contributed by atoms with Crippen molar-refractivity contribution in [2.24, 2.45) is 0 Å². The van der Waals surface area contributed by atoms with Crippen molar-refractivity contribution in [3.63, 3.8) is 0 Å². The Morgan fingerprint density at radius 1 is 0.962 bits per heavy atom. The van der Waals surface area contributed by atoms with Crippen LogP contribution in [-0.4, -0.2) is 52.9 Å². The van der Waals surface area contributed by atoms with Gasteiger partial charge in [-0.1, -0.05) is 6.07 Å². The zero-order valence-electron chi connectivity index (χ0n) is 15.3. The number of aryl methyl sites for hydroxylation is 2. The van der Waals surface area contributed by atoms with E-state index in [0.29, 0.717) is 37.7 Å². The van der Waals surface area contributed by atoms with Crippen LogP contribution in [0.5, 0.6) is 0 Å². The van der Waals surface area contributed by atoms with Gasteiger partial charge < -0.3 is 15.1 Å². The number of anilines is 2. The molecule has 1 saturated heterocycles. The summed E-state index contributed by atoms with van der Waals surface area (Å²) < 4.78 is 0. The Hall–Kier alpha value is -2.96. The number of hydrogen-bond donors (Lipinski definition) is 1. The van der Waals surface area contributed by atoms with Crippen molar-refractivity contribution in [3.05, 3.63) is 47.3 Å². The molecule has 3 rings (SSSR count). The molecule has 0 radical (unpaired) electrons. The molecular formula is C19H23N5O2. The van der Waals surface area contributed by atoms with Gasteiger partial charge in [-0.2, -0.15) is 0 Å². The van der Waals surface area contributed by atoms with Gasteiger partial charge in [-0.15, -0.1) is 0 Å². The largest absolute Gasteiger partial charge is 0.339 e. The molecule has 0 saturated carbocycles. The molecule has 0 spiro atoms. The van der Waals surface area contributed by atoms with E-state index in [0.717, 1.165) is 16.8 Å². The number of rotatable bonds is 3. The highest BCUT2D eigenvalue weighted by atomic mass is 16.2. The van der Waals surface area contributed by atoms with Gasteiger partial charge in [0.25, 0.3) is 5.91 Å². The van der Waals surface area contributed by atoms with E-state index >= 15 is 0 Å². The fraction of sp³-hybridized carbons (Fsp3) is 0.368. The average molecular weight is 353 g/mol.